The Labute approximate surface area is 87.1 Å². The van der Waals surface area contributed by atoms with Crippen LogP contribution in [-0.2, 0) is 0 Å². The van der Waals surface area contributed by atoms with Crippen molar-refractivity contribution in [1.29, 1.82) is 0 Å². The summed E-state index contributed by atoms with van der Waals surface area (Å²) in [5, 5.41) is 10.7. The van der Waals surface area contributed by atoms with Gasteiger partial charge in [0.25, 0.3) is 11.4 Å². The van der Waals surface area contributed by atoms with Gasteiger partial charge in [0, 0.05) is 18.6 Å². The molecule has 0 fully saturated rings. The molecular weight excluding hydrogens is 194 g/mol. The molecule has 0 radical (unpaired) electrons. The fraction of sp³-hybridized carbons (Fsp3) is 0.300. The van der Waals surface area contributed by atoms with E-state index in [9.17, 15) is 10.1 Å². The van der Waals surface area contributed by atoms with Gasteiger partial charge < -0.3 is 5.53 Å². The first kappa shape index (κ1) is 11.1. The first-order valence-electron chi connectivity index (χ1n) is 4.49. The maximum Gasteiger partial charge on any atom is 0.273 e. The van der Waals surface area contributed by atoms with Crippen LogP contribution in [0.4, 0.5) is 5.69 Å². The number of nitro groups is 1. The molecule has 0 amide bonds. The Balaban J connectivity index is 3.25. The van der Waals surface area contributed by atoms with Gasteiger partial charge in [0.2, 0.25) is 0 Å². The number of para-hydroxylation sites is 1. The van der Waals surface area contributed by atoms with Crippen LogP contribution < -0.4 is 0 Å². The van der Waals surface area contributed by atoms with Crippen LogP contribution in [0.25, 0.3) is 5.53 Å². The first-order chi connectivity index (χ1) is 7.07. The van der Waals surface area contributed by atoms with Crippen LogP contribution in [0.15, 0.2) is 24.3 Å². The number of benzene rings is 1. The van der Waals surface area contributed by atoms with Crippen LogP contribution >= 0.6 is 0 Å². The minimum atomic E-state index is -0.434. The molecule has 5 heteroatoms. The van der Waals surface area contributed by atoms with Crippen molar-refractivity contribution in [2.75, 3.05) is 0 Å². The number of hydrogen-bond donors (Lipinski definition) is 0. The van der Waals surface area contributed by atoms with Gasteiger partial charge in [-0.1, -0.05) is 18.2 Å². The van der Waals surface area contributed by atoms with E-state index in [0.29, 0.717) is 11.3 Å². The summed E-state index contributed by atoms with van der Waals surface area (Å²) < 4.78 is 0. The molecule has 0 bridgehead atoms. The molecule has 0 aliphatic heterocycles. The lowest BCUT2D eigenvalue weighted by Gasteiger charge is -2.05. The second kappa shape index (κ2) is 4.48. The Kier molecular flexibility index (Phi) is 3.31. The largest absolute Gasteiger partial charge is 0.362 e. The highest BCUT2D eigenvalue weighted by Crippen LogP contribution is 2.26. The second-order valence-electron chi connectivity index (χ2n) is 3.28. The smallest absolute Gasteiger partial charge is 0.273 e. The van der Waals surface area contributed by atoms with Crippen LogP contribution in [0.2, 0.25) is 0 Å². The molecule has 1 rings (SSSR count). The van der Waals surface area contributed by atoms with Crippen LogP contribution in [-0.4, -0.2) is 15.4 Å². The Bertz CT molecular complexity index is 436. The molecule has 1 aromatic carbocycles. The minimum absolute atomic E-state index is 0.0491. The van der Waals surface area contributed by atoms with Crippen molar-refractivity contribution in [1.82, 2.24) is 0 Å². The molecule has 0 aromatic heterocycles. The highest BCUT2D eigenvalue weighted by atomic mass is 16.6. The van der Waals surface area contributed by atoms with E-state index >= 15 is 0 Å². The SMILES string of the molecule is CC(=[N+]=[N-])C(C)c1ccccc1[N+](=O)[O-]. The zero-order chi connectivity index (χ0) is 11.4. The molecule has 0 saturated heterocycles. The summed E-state index contributed by atoms with van der Waals surface area (Å²) in [5.74, 6) is -0.267. The quantitative estimate of drug-likeness (QED) is 0.249. The van der Waals surface area contributed by atoms with E-state index in [1.54, 1.807) is 32.0 Å². The van der Waals surface area contributed by atoms with Crippen LogP contribution in [0, 0.1) is 10.1 Å². The van der Waals surface area contributed by atoms with E-state index in [1.807, 2.05) is 0 Å². The summed E-state index contributed by atoms with van der Waals surface area (Å²) in [5.41, 5.74) is 9.67. The van der Waals surface area contributed by atoms with Gasteiger partial charge in [-0.15, -0.1) is 0 Å². The summed E-state index contributed by atoms with van der Waals surface area (Å²) in [6.45, 7) is 3.39. The molecule has 1 aromatic rings. The highest BCUT2D eigenvalue weighted by molar-refractivity contribution is 5.84. The average Bonchev–Trinajstić information content (AvgIpc) is 2.27. The highest BCUT2D eigenvalue weighted by Gasteiger charge is 2.23. The van der Waals surface area contributed by atoms with Gasteiger partial charge in [-0.25, -0.2) is 0 Å². The maximum absolute atomic E-state index is 10.7. The van der Waals surface area contributed by atoms with Gasteiger partial charge in [0.1, 0.15) is 0 Å². The third-order valence-corrected chi connectivity index (χ3v) is 2.38. The monoisotopic (exact) mass is 205 g/mol. The van der Waals surface area contributed by atoms with Gasteiger partial charge in [0.05, 0.1) is 10.8 Å². The van der Waals surface area contributed by atoms with E-state index in [-0.39, 0.29) is 11.6 Å². The summed E-state index contributed by atoms with van der Waals surface area (Å²) >= 11 is 0. The number of nitro benzene ring substituents is 1. The van der Waals surface area contributed by atoms with Crippen molar-refractivity contribution in [3.05, 3.63) is 45.5 Å². The Morgan fingerprint density at radius 1 is 1.53 bits per heavy atom. The van der Waals surface area contributed by atoms with Crippen molar-refractivity contribution < 1.29 is 9.71 Å². The van der Waals surface area contributed by atoms with E-state index in [0.717, 1.165) is 0 Å². The lowest BCUT2D eigenvalue weighted by Crippen LogP contribution is -2.08. The first-order valence-corrected chi connectivity index (χ1v) is 4.49. The molecule has 1 unspecified atom stereocenters. The predicted molar refractivity (Wildman–Crippen MR) is 55.8 cm³/mol. The summed E-state index contributed by atoms with van der Waals surface area (Å²) in [6, 6.07) is 6.44. The fourth-order valence-corrected chi connectivity index (χ4v) is 1.33. The Morgan fingerprint density at radius 2 is 2.13 bits per heavy atom. The standard InChI is InChI=1S/C10H11N3O2/c1-7(8(2)12-11)9-5-3-4-6-10(9)13(14)15/h3-7H,1-2H3. The predicted octanol–water partition coefficient (Wildman–Crippen LogP) is 2.39. The zero-order valence-corrected chi connectivity index (χ0v) is 8.54. The molecule has 78 valence electrons. The molecule has 0 aliphatic rings. The van der Waals surface area contributed by atoms with Crippen molar-refractivity contribution in [3.63, 3.8) is 0 Å². The molecule has 0 heterocycles. The molecule has 0 saturated carbocycles. The van der Waals surface area contributed by atoms with Crippen LogP contribution in [0.5, 0.6) is 0 Å². The van der Waals surface area contributed by atoms with E-state index in [1.165, 1.54) is 6.07 Å². The van der Waals surface area contributed by atoms with Crippen molar-refractivity contribution in [2.24, 2.45) is 0 Å². The zero-order valence-electron chi connectivity index (χ0n) is 8.54. The molecule has 1 atom stereocenters. The van der Waals surface area contributed by atoms with Crippen LogP contribution in [0.3, 0.4) is 0 Å². The topological polar surface area (TPSA) is 79.5 Å². The number of nitrogens with zero attached hydrogens (tertiary/aromatic N) is 3. The molecule has 0 N–H and O–H groups in total. The second-order valence-corrected chi connectivity index (χ2v) is 3.28. The maximum atomic E-state index is 10.7. The van der Waals surface area contributed by atoms with E-state index in [4.69, 9.17) is 5.53 Å². The van der Waals surface area contributed by atoms with E-state index < -0.39 is 4.92 Å². The third kappa shape index (κ3) is 2.27. The Morgan fingerprint density at radius 3 is 2.67 bits per heavy atom. The molecule has 5 nitrogen and oxygen atoms in total. The molecule has 0 aliphatic carbocycles. The summed E-state index contributed by atoms with van der Waals surface area (Å²) in [6.07, 6.45) is 0. The lowest BCUT2D eigenvalue weighted by molar-refractivity contribution is -0.385. The van der Waals surface area contributed by atoms with Crippen LogP contribution in [0.1, 0.15) is 25.3 Å². The van der Waals surface area contributed by atoms with Crippen molar-refractivity contribution in [3.8, 4) is 0 Å². The molecule has 0 spiro atoms. The van der Waals surface area contributed by atoms with Gasteiger partial charge >= 0.3 is 0 Å². The van der Waals surface area contributed by atoms with E-state index in [2.05, 4.69) is 4.79 Å². The fourth-order valence-electron chi connectivity index (χ4n) is 1.33. The van der Waals surface area contributed by atoms with Gasteiger partial charge in [-0.05, 0) is 6.92 Å². The third-order valence-electron chi connectivity index (χ3n) is 2.38. The van der Waals surface area contributed by atoms with Crippen molar-refractivity contribution >= 4 is 11.4 Å². The lowest BCUT2D eigenvalue weighted by atomic mass is 9.95. The van der Waals surface area contributed by atoms with Gasteiger partial charge in [-0.3, -0.25) is 10.1 Å². The summed E-state index contributed by atoms with van der Waals surface area (Å²) in [7, 11) is 0. The normalized spacial score (nSPS) is 11.6. The van der Waals surface area contributed by atoms with Crippen molar-refractivity contribution in [2.45, 2.75) is 19.8 Å². The molecule has 15 heavy (non-hydrogen) atoms. The average molecular weight is 205 g/mol. The Hall–Kier alpha value is -2.00. The molecular formula is C10H11N3O2. The van der Waals surface area contributed by atoms with Gasteiger partial charge in [-0.2, -0.15) is 4.79 Å². The van der Waals surface area contributed by atoms with Gasteiger partial charge in [0.15, 0.2) is 0 Å². The number of rotatable bonds is 3. The minimum Gasteiger partial charge on any atom is -0.362 e. The number of hydrogen-bond acceptors (Lipinski definition) is 2. The summed E-state index contributed by atoms with van der Waals surface area (Å²) in [4.78, 5) is 13.4.